The van der Waals surface area contributed by atoms with Crippen LogP contribution in [0.15, 0.2) is 48.5 Å². The fourth-order valence-electron chi connectivity index (χ4n) is 3.44. The van der Waals surface area contributed by atoms with Crippen molar-refractivity contribution in [1.82, 2.24) is 15.2 Å². The van der Waals surface area contributed by atoms with E-state index >= 15 is 0 Å². The van der Waals surface area contributed by atoms with Gasteiger partial charge in [0.1, 0.15) is 5.82 Å². The standard InChI is InChI=1S/C21H20FN3O2S/c22-16-9-7-14(8-10-16)20(27)23-12-19(26)25-11-3-4-15(13-25)21-24-17-5-1-2-6-18(17)28-21/h1-2,5-10,15H,3-4,11-13H2,(H,23,27)/t15-/m0/s1. The molecule has 0 radical (unpaired) electrons. The molecule has 0 unspecified atom stereocenters. The topological polar surface area (TPSA) is 62.3 Å². The van der Waals surface area contributed by atoms with E-state index in [-0.39, 0.29) is 24.3 Å². The zero-order chi connectivity index (χ0) is 19.5. The number of nitrogens with one attached hydrogen (secondary N) is 1. The predicted octanol–water partition coefficient (Wildman–Crippen LogP) is 3.57. The highest BCUT2D eigenvalue weighted by molar-refractivity contribution is 7.18. The number of halogens is 1. The minimum atomic E-state index is -0.401. The van der Waals surface area contributed by atoms with E-state index in [1.807, 2.05) is 18.2 Å². The van der Waals surface area contributed by atoms with Crippen LogP contribution < -0.4 is 5.32 Å². The van der Waals surface area contributed by atoms with Crippen molar-refractivity contribution in [3.05, 3.63) is 64.9 Å². The summed E-state index contributed by atoms with van der Waals surface area (Å²) in [6.45, 7) is 1.24. The molecule has 1 aliphatic heterocycles. The Morgan fingerprint density at radius 3 is 2.75 bits per heavy atom. The quantitative estimate of drug-likeness (QED) is 0.732. The van der Waals surface area contributed by atoms with Crippen molar-refractivity contribution in [2.24, 2.45) is 0 Å². The summed E-state index contributed by atoms with van der Waals surface area (Å²) in [5, 5.41) is 3.69. The molecule has 5 nitrogen and oxygen atoms in total. The van der Waals surface area contributed by atoms with E-state index in [2.05, 4.69) is 11.4 Å². The number of benzene rings is 2. The molecule has 2 heterocycles. The van der Waals surface area contributed by atoms with Crippen LogP contribution in [-0.4, -0.2) is 41.3 Å². The van der Waals surface area contributed by atoms with Gasteiger partial charge in [0.25, 0.3) is 5.91 Å². The highest BCUT2D eigenvalue weighted by Gasteiger charge is 2.27. The SMILES string of the molecule is O=C(NCC(=O)N1CCC[C@H](c2nc3ccccc3s2)C1)c1ccc(F)cc1. The lowest BCUT2D eigenvalue weighted by atomic mass is 9.98. The molecule has 144 valence electrons. The van der Waals surface area contributed by atoms with E-state index in [1.165, 1.54) is 24.3 Å². The molecule has 0 aliphatic carbocycles. The van der Waals surface area contributed by atoms with Crippen LogP contribution in [0.5, 0.6) is 0 Å². The molecular weight excluding hydrogens is 377 g/mol. The smallest absolute Gasteiger partial charge is 0.251 e. The number of rotatable bonds is 4. The summed E-state index contributed by atoms with van der Waals surface area (Å²) in [5.74, 6) is -0.668. The van der Waals surface area contributed by atoms with Gasteiger partial charge >= 0.3 is 0 Å². The van der Waals surface area contributed by atoms with Gasteiger partial charge < -0.3 is 10.2 Å². The lowest BCUT2D eigenvalue weighted by Crippen LogP contribution is -2.44. The fraction of sp³-hybridized carbons (Fsp3) is 0.286. The van der Waals surface area contributed by atoms with Crippen LogP contribution in [0.25, 0.3) is 10.2 Å². The average Bonchev–Trinajstić information content (AvgIpc) is 3.17. The van der Waals surface area contributed by atoms with E-state index in [0.717, 1.165) is 28.1 Å². The van der Waals surface area contributed by atoms with E-state index in [9.17, 15) is 14.0 Å². The molecule has 1 N–H and O–H groups in total. The number of amides is 2. The summed E-state index contributed by atoms with van der Waals surface area (Å²) in [5.41, 5.74) is 1.33. The molecule has 1 saturated heterocycles. The maximum Gasteiger partial charge on any atom is 0.251 e. The maximum atomic E-state index is 13.0. The lowest BCUT2D eigenvalue weighted by molar-refractivity contribution is -0.131. The number of likely N-dealkylation sites (tertiary alicyclic amines) is 1. The molecule has 3 aromatic rings. The Bertz CT molecular complexity index is 969. The Morgan fingerprint density at radius 2 is 1.96 bits per heavy atom. The predicted molar refractivity (Wildman–Crippen MR) is 107 cm³/mol. The number of carbonyl (C=O) groups is 2. The Kier molecular flexibility index (Phi) is 5.34. The molecular formula is C21H20FN3O2S. The Labute approximate surface area is 166 Å². The first-order valence-electron chi connectivity index (χ1n) is 9.27. The van der Waals surface area contributed by atoms with Crippen LogP contribution in [0.1, 0.15) is 34.1 Å². The van der Waals surface area contributed by atoms with Gasteiger partial charge in [0.05, 0.1) is 21.8 Å². The van der Waals surface area contributed by atoms with Crippen LogP contribution in [0.2, 0.25) is 0 Å². The number of para-hydroxylation sites is 1. The molecule has 7 heteroatoms. The summed E-state index contributed by atoms with van der Waals surface area (Å²) in [6, 6.07) is 13.3. The third kappa shape index (κ3) is 4.04. The van der Waals surface area contributed by atoms with Gasteiger partial charge in [0.2, 0.25) is 5.91 Å². The number of piperidine rings is 1. The second kappa shape index (κ2) is 8.06. The minimum Gasteiger partial charge on any atom is -0.343 e. The van der Waals surface area contributed by atoms with Gasteiger partial charge in [-0.3, -0.25) is 9.59 Å². The first-order chi connectivity index (χ1) is 13.6. The number of thiazole rings is 1. The Morgan fingerprint density at radius 1 is 1.18 bits per heavy atom. The normalized spacial score (nSPS) is 16.9. The molecule has 0 spiro atoms. The molecule has 28 heavy (non-hydrogen) atoms. The summed E-state index contributed by atoms with van der Waals surface area (Å²) >= 11 is 1.68. The number of nitrogens with zero attached hydrogens (tertiary/aromatic N) is 2. The fourth-order valence-corrected chi connectivity index (χ4v) is 4.53. The molecule has 0 saturated carbocycles. The first-order valence-corrected chi connectivity index (χ1v) is 10.1. The molecule has 1 aromatic heterocycles. The van der Waals surface area contributed by atoms with Gasteiger partial charge in [-0.15, -0.1) is 11.3 Å². The number of carbonyl (C=O) groups excluding carboxylic acids is 2. The van der Waals surface area contributed by atoms with E-state index in [1.54, 1.807) is 16.2 Å². The van der Waals surface area contributed by atoms with Crippen LogP contribution in [0.4, 0.5) is 4.39 Å². The van der Waals surface area contributed by atoms with Crippen LogP contribution in [-0.2, 0) is 4.79 Å². The largest absolute Gasteiger partial charge is 0.343 e. The highest BCUT2D eigenvalue weighted by atomic mass is 32.1. The summed E-state index contributed by atoms with van der Waals surface area (Å²) < 4.78 is 14.1. The van der Waals surface area contributed by atoms with E-state index in [0.29, 0.717) is 18.7 Å². The van der Waals surface area contributed by atoms with Crippen molar-refractivity contribution in [2.45, 2.75) is 18.8 Å². The lowest BCUT2D eigenvalue weighted by Gasteiger charge is -2.32. The third-order valence-corrected chi connectivity index (χ3v) is 6.14. The van der Waals surface area contributed by atoms with Crippen molar-refractivity contribution in [3.63, 3.8) is 0 Å². The second-order valence-electron chi connectivity index (χ2n) is 6.89. The molecule has 1 fully saturated rings. The minimum absolute atomic E-state index is 0.0667. The molecule has 1 aliphatic rings. The molecule has 1 atom stereocenters. The molecule has 4 rings (SSSR count). The first kappa shape index (κ1) is 18.6. The van der Waals surface area contributed by atoms with Crippen molar-refractivity contribution in [1.29, 1.82) is 0 Å². The number of hydrogen-bond donors (Lipinski definition) is 1. The molecule has 0 bridgehead atoms. The van der Waals surface area contributed by atoms with Gasteiger partial charge in [-0.05, 0) is 49.2 Å². The third-order valence-electron chi connectivity index (χ3n) is 4.94. The molecule has 2 aromatic carbocycles. The van der Waals surface area contributed by atoms with E-state index < -0.39 is 5.82 Å². The van der Waals surface area contributed by atoms with Crippen LogP contribution >= 0.6 is 11.3 Å². The number of aromatic nitrogens is 1. The van der Waals surface area contributed by atoms with Gasteiger partial charge in [0.15, 0.2) is 0 Å². The highest BCUT2D eigenvalue weighted by Crippen LogP contribution is 2.32. The number of hydrogen-bond acceptors (Lipinski definition) is 4. The Hall–Kier alpha value is -2.80. The average molecular weight is 397 g/mol. The van der Waals surface area contributed by atoms with Gasteiger partial charge in [0, 0.05) is 24.6 Å². The summed E-state index contributed by atoms with van der Waals surface area (Å²) in [6.07, 6.45) is 1.92. The van der Waals surface area contributed by atoms with Crippen molar-refractivity contribution in [3.8, 4) is 0 Å². The molecule has 2 amide bonds. The van der Waals surface area contributed by atoms with Crippen molar-refractivity contribution >= 4 is 33.4 Å². The van der Waals surface area contributed by atoms with Crippen molar-refractivity contribution in [2.75, 3.05) is 19.6 Å². The second-order valence-corrected chi connectivity index (χ2v) is 7.95. The summed E-state index contributed by atoms with van der Waals surface area (Å²) in [7, 11) is 0. The monoisotopic (exact) mass is 397 g/mol. The Balaban J connectivity index is 1.36. The number of fused-ring (bicyclic) bond motifs is 1. The zero-order valence-corrected chi connectivity index (χ0v) is 16.0. The maximum absolute atomic E-state index is 13.0. The van der Waals surface area contributed by atoms with E-state index in [4.69, 9.17) is 4.98 Å². The van der Waals surface area contributed by atoms with Crippen molar-refractivity contribution < 1.29 is 14.0 Å². The van der Waals surface area contributed by atoms with Crippen LogP contribution in [0, 0.1) is 5.82 Å². The zero-order valence-electron chi connectivity index (χ0n) is 15.2. The van der Waals surface area contributed by atoms with Gasteiger partial charge in [-0.25, -0.2) is 9.37 Å². The van der Waals surface area contributed by atoms with Gasteiger partial charge in [-0.2, -0.15) is 0 Å². The van der Waals surface area contributed by atoms with Crippen LogP contribution in [0.3, 0.4) is 0 Å². The summed E-state index contributed by atoms with van der Waals surface area (Å²) in [4.78, 5) is 31.2. The van der Waals surface area contributed by atoms with Gasteiger partial charge in [-0.1, -0.05) is 12.1 Å².